The van der Waals surface area contributed by atoms with E-state index >= 15 is 0 Å². The molecule has 78 valence electrons. The molecule has 2 aromatic rings. The van der Waals surface area contributed by atoms with Crippen molar-refractivity contribution in [2.75, 3.05) is 0 Å². The van der Waals surface area contributed by atoms with Crippen molar-refractivity contribution in [3.63, 3.8) is 0 Å². The van der Waals surface area contributed by atoms with Gasteiger partial charge in [0.1, 0.15) is 0 Å². The first-order valence-corrected chi connectivity index (χ1v) is 5.51. The van der Waals surface area contributed by atoms with E-state index in [0.29, 0.717) is 6.42 Å². The van der Waals surface area contributed by atoms with Crippen LogP contribution in [0.15, 0.2) is 24.4 Å². The molecule has 0 amide bonds. The van der Waals surface area contributed by atoms with Crippen molar-refractivity contribution < 1.29 is 9.90 Å². The van der Waals surface area contributed by atoms with E-state index in [4.69, 9.17) is 5.11 Å². The number of nitrogens with zero attached hydrogens (tertiary/aromatic N) is 1. The monoisotopic (exact) mass is 221 g/mol. The number of aliphatic carboxylic acids is 1. The highest BCUT2D eigenvalue weighted by atomic mass is 32.1. The van der Waals surface area contributed by atoms with Gasteiger partial charge in [-0.2, -0.15) is 4.37 Å². The number of hydrogen-bond donors (Lipinski definition) is 1. The van der Waals surface area contributed by atoms with Gasteiger partial charge in [-0.3, -0.25) is 4.79 Å². The second-order valence-electron chi connectivity index (χ2n) is 3.60. The van der Waals surface area contributed by atoms with Gasteiger partial charge in [0.25, 0.3) is 0 Å². The lowest BCUT2D eigenvalue weighted by Crippen LogP contribution is -2.12. The van der Waals surface area contributed by atoms with E-state index < -0.39 is 5.97 Å². The fourth-order valence-electron chi connectivity index (χ4n) is 1.55. The molecule has 0 aliphatic carbocycles. The summed E-state index contributed by atoms with van der Waals surface area (Å²) in [7, 11) is 0. The quantitative estimate of drug-likeness (QED) is 0.866. The van der Waals surface area contributed by atoms with Gasteiger partial charge in [0, 0.05) is 11.6 Å². The molecule has 15 heavy (non-hydrogen) atoms. The molecule has 1 heterocycles. The highest BCUT2D eigenvalue weighted by Gasteiger charge is 2.13. The van der Waals surface area contributed by atoms with E-state index in [1.165, 1.54) is 11.5 Å². The van der Waals surface area contributed by atoms with Crippen LogP contribution in [0.4, 0.5) is 0 Å². The van der Waals surface area contributed by atoms with E-state index in [-0.39, 0.29) is 5.92 Å². The Balaban J connectivity index is 2.35. The van der Waals surface area contributed by atoms with Crippen LogP contribution in [-0.2, 0) is 11.2 Å². The zero-order chi connectivity index (χ0) is 10.8. The third-order valence-electron chi connectivity index (χ3n) is 2.44. The first-order valence-electron chi connectivity index (χ1n) is 4.73. The minimum atomic E-state index is -0.754. The van der Waals surface area contributed by atoms with Crippen LogP contribution in [0, 0.1) is 5.92 Å². The van der Waals surface area contributed by atoms with Crippen LogP contribution in [0.3, 0.4) is 0 Å². The summed E-state index contributed by atoms with van der Waals surface area (Å²) in [6.45, 7) is 1.72. The van der Waals surface area contributed by atoms with E-state index in [2.05, 4.69) is 4.37 Å². The van der Waals surface area contributed by atoms with E-state index in [9.17, 15) is 4.79 Å². The Morgan fingerprint density at radius 1 is 1.60 bits per heavy atom. The van der Waals surface area contributed by atoms with Gasteiger partial charge in [-0.05, 0) is 29.6 Å². The van der Waals surface area contributed by atoms with E-state index in [1.54, 1.807) is 6.92 Å². The molecule has 3 nitrogen and oxygen atoms in total. The molecular weight excluding hydrogens is 210 g/mol. The number of rotatable bonds is 3. The van der Waals surface area contributed by atoms with Crippen LogP contribution >= 0.6 is 11.5 Å². The van der Waals surface area contributed by atoms with Gasteiger partial charge >= 0.3 is 5.97 Å². The summed E-state index contributed by atoms with van der Waals surface area (Å²) in [5.74, 6) is -1.11. The zero-order valence-electron chi connectivity index (χ0n) is 8.30. The lowest BCUT2D eigenvalue weighted by Gasteiger charge is -2.06. The van der Waals surface area contributed by atoms with Crippen LogP contribution in [-0.4, -0.2) is 15.4 Å². The molecule has 1 N–H and O–H groups in total. The molecule has 0 saturated heterocycles. The van der Waals surface area contributed by atoms with Crippen LogP contribution in [0.25, 0.3) is 10.1 Å². The Morgan fingerprint density at radius 3 is 3.13 bits per heavy atom. The lowest BCUT2D eigenvalue weighted by atomic mass is 9.99. The third kappa shape index (κ3) is 1.99. The topological polar surface area (TPSA) is 50.2 Å². The number of carbonyl (C=O) groups is 1. The summed E-state index contributed by atoms with van der Waals surface area (Å²) >= 11 is 1.44. The van der Waals surface area contributed by atoms with Gasteiger partial charge in [0.15, 0.2) is 0 Å². The van der Waals surface area contributed by atoms with Gasteiger partial charge in [0.2, 0.25) is 0 Å². The maximum atomic E-state index is 10.8. The molecule has 0 aliphatic heterocycles. The fourth-order valence-corrected chi connectivity index (χ4v) is 2.24. The second kappa shape index (κ2) is 3.98. The average Bonchev–Trinajstić information content (AvgIpc) is 2.66. The molecule has 0 spiro atoms. The summed E-state index contributed by atoms with van der Waals surface area (Å²) in [4.78, 5) is 10.8. The SMILES string of the molecule is CC(Cc1cccc2sncc12)C(=O)O. The summed E-state index contributed by atoms with van der Waals surface area (Å²) in [5.41, 5.74) is 1.07. The van der Waals surface area contributed by atoms with Crippen molar-refractivity contribution in [1.82, 2.24) is 4.37 Å². The van der Waals surface area contributed by atoms with Crippen molar-refractivity contribution in [1.29, 1.82) is 0 Å². The van der Waals surface area contributed by atoms with Crippen LogP contribution < -0.4 is 0 Å². The third-order valence-corrected chi connectivity index (χ3v) is 3.20. The Morgan fingerprint density at radius 2 is 2.40 bits per heavy atom. The molecule has 1 unspecified atom stereocenters. The molecule has 1 aromatic heterocycles. The molecule has 0 saturated carbocycles. The Hall–Kier alpha value is -1.42. The highest BCUT2D eigenvalue weighted by molar-refractivity contribution is 7.13. The fraction of sp³-hybridized carbons (Fsp3) is 0.273. The summed E-state index contributed by atoms with van der Waals surface area (Å²) < 4.78 is 5.22. The predicted octanol–water partition coefficient (Wildman–Crippen LogP) is 2.56. The Kier molecular flexibility index (Phi) is 2.68. The lowest BCUT2D eigenvalue weighted by molar-refractivity contribution is -0.141. The number of carboxylic acids is 1. The van der Waals surface area contributed by atoms with Gasteiger partial charge in [-0.1, -0.05) is 19.1 Å². The molecule has 0 radical (unpaired) electrons. The molecule has 1 atom stereocenters. The minimum absolute atomic E-state index is 0.351. The predicted molar refractivity (Wildman–Crippen MR) is 60.1 cm³/mol. The Labute approximate surface area is 91.5 Å². The van der Waals surface area contributed by atoms with Gasteiger partial charge in [0.05, 0.1) is 10.6 Å². The number of fused-ring (bicyclic) bond motifs is 1. The van der Waals surface area contributed by atoms with Crippen LogP contribution in [0.1, 0.15) is 12.5 Å². The first-order chi connectivity index (χ1) is 7.18. The number of carboxylic acid groups (broad SMARTS) is 1. The minimum Gasteiger partial charge on any atom is -0.481 e. The van der Waals surface area contributed by atoms with E-state index in [1.807, 2.05) is 24.4 Å². The maximum absolute atomic E-state index is 10.8. The maximum Gasteiger partial charge on any atom is 0.306 e. The molecule has 0 aliphatic rings. The van der Waals surface area contributed by atoms with Gasteiger partial charge in [-0.15, -0.1) is 0 Å². The zero-order valence-corrected chi connectivity index (χ0v) is 9.12. The number of hydrogen-bond acceptors (Lipinski definition) is 3. The summed E-state index contributed by atoms with van der Waals surface area (Å²) in [5, 5.41) is 9.93. The number of benzene rings is 1. The normalized spacial score (nSPS) is 12.9. The van der Waals surface area contributed by atoms with Crippen LogP contribution in [0.5, 0.6) is 0 Å². The molecule has 4 heteroatoms. The van der Waals surface area contributed by atoms with E-state index in [0.717, 1.165) is 15.6 Å². The smallest absolute Gasteiger partial charge is 0.306 e. The molecule has 1 aromatic carbocycles. The molecule has 0 bridgehead atoms. The van der Waals surface area contributed by atoms with Crippen molar-refractivity contribution in [2.45, 2.75) is 13.3 Å². The number of aromatic nitrogens is 1. The van der Waals surface area contributed by atoms with Gasteiger partial charge < -0.3 is 5.11 Å². The van der Waals surface area contributed by atoms with Crippen LogP contribution in [0.2, 0.25) is 0 Å². The van der Waals surface area contributed by atoms with Gasteiger partial charge in [-0.25, -0.2) is 0 Å². The highest BCUT2D eigenvalue weighted by Crippen LogP contribution is 2.23. The van der Waals surface area contributed by atoms with Crippen molar-refractivity contribution in [2.24, 2.45) is 5.92 Å². The van der Waals surface area contributed by atoms with Crippen molar-refractivity contribution >= 4 is 27.6 Å². The summed E-state index contributed by atoms with van der Waals surface area (Å²) in [6, 6.07) is 5.92. The largest absolute Gasteiger partial charge is 0.481 e. The van der Waals surface area contributed by atoms with Crippen molar-refractivity contribution in [3.05, 3.63) is 30.0 Å². The second-order valence-corrected chi connectivity index (χ2v) is 4.43. The average molecular weight is 221 g/mol. The molecular formula is C11H11NO2S. The molecule has 2 rings (SSSR count). The standard InChI is InChI=1S/C11H11NO2S/c1-7(11(13)14)5-8-3-2-4-10-9(8)6-12-15-10/h2-4,6-7H,5H2,1H3,(H,13,14). The molecule has 0 fully saturated rings. The summed E-state index contributed by atoms with van der Waals surface area (Å²) in [6.07, 6.45) is 2.37. The van der Waals surface area contributed by atoms with Crippen molar-refractivity contribution in [3.8, 4) is 0 Å². The first kappa shape index (κ1) is 10.1. The Bertz CT molecular complexity index is 492.